The van der Waals surface area contributed by atoms with E-state index < -0.39 is 0 Å². The number of hydrogen-bond acceptors (Lipinski definition) is 5. The van der Waals surface area contributed by atoms with Crippen molar-refractivity contribution in [3.63, 3.8) is 0 Å². The smallest absolute Gasteiger partial charge is 0.234 e. The van der Waals surface area contributed by atoms with Gasteiger partial charge < -0.3 is 4.74 Å². The molecule has 0 saturated heterocycles. The predicted octanol–water partition coefficient (Wildman–Crippen LogP) is 4.40. The van der Waals surface area contributed by atoms with E-state index in [1.807, 2.05) is 34.8 Å². The number of fused-ring (bicyclic) bond motifs is 1. The van der Waals surface area contributed by atoms with E-state index in [1.54, 1.807) is 18.4 Å². The molecule has 2 aromatic carbocycles. The highest BCUT2D eigenvalue weighted by Crippen LogP contribution is 2.32. The fourth-order valence-electron chi connectivity index (χ4n) is 2.93. The summed E-state index contributed by atoms with van der Waals surface area (Å²) in [7, 11) is 1.66. The van der Waals surface area contributed by atoms with Crippen molar-refractivity contribution >= 4 is 16.3 Å². The van der Waals surface area contributed by atoms with E-state index in [2.05, 4.69) is 41.4 Å². The summed E-state index contributed by atoms with van der Waals surface area (Å²) in [6.07, 6.45) is 0.992. The van der Waals surface area contributed by atoms with E-state index in [-0.39, 0.29) is 5.92 Å². The first kappa shape index (κ1) is 15.8. The summed E-state index contributed by atoms with van der Waals surface area (Å²) in [4.78, 5) is 0.815. The molecule has 0 spiro atoms. The zero-order valence-electron chi connectivity index (χ0n) is 14.1. The highest BCUT2D eigenvalue weighted by Gasteiger charge is 2.20. The Balaban J connectivity index is 1.74. The average molecular weight is 350 g/mol. The minimum atomic E-state index is 0.275. The van der Waals surface area contributed by atoms with Crippen LogP contribution in [0.2, 0.25) is 0 Å². The molecular weight excluding hydrogens is 332 g/mol. The minimum Gasteiger partial charge on any atom is -0.497 e. The van der Waals surface area contributed by atoms with E-state index in [9.17, 15) is 0 Å². The number of nitrogens with zero attached hydrogens (tertiary/aromatic N) is 4. The first-order valence-electron chi connectivity index (χ1n) is 8.21. The molecule has 0 aliphatic rings. The molecular formula is C19H18N4OS. The van der Waals surface area contributed by atoms with Crippen LogP contribution in [0.4, 0.5) is 0 Å². The first-order valence-corrected chi connectivity index (χ1v) is 9.03. The lowest BCUT2D eigenvalue weighted by atomic mass is 9.97. The molecule has 5 nitrogen and oxygen atoms in total. The Morgan fingerprint density at radius 3 is 2.48 bits per heavy atom. The molecule has 126 valence electrons. The molecule has 2 heterocycles. The van der Waals surface area contributed by atoms with Crippen molar-refractivity contribution in [2.45, 2.75) is 19.3 Å². The molecule has 0 radical (unpaired) electrons. The maximum Gasteiger partial charge on any atom is 0.234 e. The fourth-order valence-corrected chi connectivity index (χ4v) is 3.98. The standard InChI is InChI=1S/C19H18N4OS/c1-3-16(13-7-5-4-6-8-13)18-22-23-17(20-21-19(23)25-18)14-9-11-15(24-2)12-10-14/h4-12,16H,3H2,1-2H3/t16-/m0/s1. The maximum absolute atomic E-state index is 5.22. The van der Waals surface area contributed by atoms with Crippen LogP contribution in [0.15, 0.2) is 54.6 Å². The molecule has 0 unspecified atom stereocenters. The van der Waals surface area contributed by atoms with Gasteiger partial charge in [-0.3, -0.25) is 0 Å². The third-order valence-corrected chi connectivity index (χ3v) is 5.28. The van der Waals surface area contributed by atoms with Crippen molar-refractivity contribution in [1.82, 2.24) is 19.8 Å². The molecule has 25 heavy (non-hydrogen) atoms. The van der Waals surface area contributed by atoms with Crippen LogP contribution in [0, 0.1) is 0 Å². The van der Waals surface area contributed by atoms with Gasteiger partial charge in [0, 0.05) is 11.5 Å². The number of rotatable bonds is 5. The third kappa shape index (κ3) is 2.89. The molecule has 4 rings (SSSR count). The molecule has 0 fully saturated rings. The van der Waals surface area contributed by atoms with Crippen LogP contribution in [0.5, 0.6) is 5.75 Å². The lowest BCUT2D eigenvalue weighted by Gasteiger charge is -2.11. The quantitative estimate of drug-likeness (QED) is 0.535. The van der Waals surface area contributed by atoms with Crippen molar-refractivity contribution in [2.24, 2.45) is 0 Å². The second kappa shape index (κ2) is 6.64. The van der Waals surface area contributed by atoms with E-state index in [0.29, 0.717) is 0 Å². The average Bonchev–Trinajstić information content (AvgIpc) is 3.24. The molecule has 0 bridgehead atoms. The molecule has 1 atom stereocenters. The highest BCUT2D eigenvalue weighted by atomic mass is 32.1. The van der Waals surface area contributed by atoms with Gasteiger partial charge in [0.25, 0.3) is 0 Å². The van der Waals surface area contributed by atoms with E-state index in [1.165, 1.54) is 5.56 Å². The summed E-state index contributed by atoms with van der Waals surface area (Å²) >= 11 is 1.60. The van der Waals surface area contributed by atoms with Gasteiger partial charge >= 0.3 is 0 Å². The molecule has 0 aliphatic heterocycles. The van der Waals surface area contributed by atoms with Gasteiger partial charge in [-0.05, 0) is 36.2 Å². The van der Waals surface area contributed by atoms with E-state index in [0.717, 1.165) is 33.5 Å². The summed E-state index contributed by atoms with van der Waals surface area (Å²) in [6, 6.07) is 18.3. The number of ether oxygens (including phenoxy) is 1. The van der Waals surface area contributed by atoms with Crippen molar-refractivity contribution in [3.05, 3.63) is 65.2 Å². The molecule has 0 aliphatic carbocycles. The summed E-state index contributed by atoms with van der Waals surface area (Å²) < 4.78 is 7.06. The summed E-state index contributed by atoms with van der Waals surface area (Å²) in [5.74, 6) is 1.85. The van der Waals surface area contributed by atoms with Crippen LogP contribution in [0.1, 0.15) is 29.8 Å². The second-order valence-electron chi connectivity index (χ2n) is 5.76. The van der Waals surface area contributed by atoms with Gasteiger partial charge in [0.1, 0.15) is 10.8 Å². The Labute approximate surface area is 149 Å². The molecule has 0 amide bonds. The Bertz CT molecular complexity index is 976. The highest BCUT2D eigenvalue weighted by molar-refractivity contribution is 7.16. The lowest BCUT2D eigenvalue weighted by molar-refractivity contribution is 0.415. The lowest BCUT2D eigenvalue weighted by Crippen LogP contribution is -2.01. The topological polar surface area (TPSA) is 52.3 Å². The van der Waals surface area contributed by atoms with Crippen LogP contribution in [-0.2, 0) is 0 Å². The number of methoxy groups -OCH3 is 1. The molecule has 0 N–H and O–H groups in total. The second-order valence-corrected chi connectivity index (χ2v) is 6.75. The van der Waals surface area contributed by atoms with Crippen LogP contribution in [-0.4, -0.2) is 26.9 Å². The molecule has 2 aromatic heterocycles. The van der Waals surface area contributed by atoms with Crippen LogP contribution in [0.3, 0.4) is 0 Å². The largest absolute Gasteiger partial charge is 0.497 e. The third-order valence-electron chi connectivity index (χ3n) is 4.26. The fraction of sp³-hybridized carbons (Fsp3) is 0.211. The van der Waals surface area contributed by atoms with Crippen molar-refractivity contribution in [1.29, 1.82) is 0 Å². The van der Waals surface area contributed by atoms with E-state index in [4.69, 9.17) is 9.84 Å². The Kier molecular flexibility index (Phi) is 4.19. The van der Waals surface area contributed by atoms with Gasteiger partial charge in [0.05, 0.1) is 7.11 Å². The van der Waals surface area contributed by atoms with Gasteiger partial charge in [-0.1, -0.05) is 48.6 Å². The van der Waals surface area contributed by atoms with Gasteiger partial charge in [0.15, 0.2) is 5.82 Å². The molecule has 0 saturated carbocycles. The zero-order valence-corrected chi connectivity index (χ0v) is 14.9. The maximum atomic E-state index is 5.22. The summed E-state index contributed by atoms with van der Waals surface area (Å²) in [5.41, 5.74) is 2.25. The van der Waals surface area contributed by atoms with Gasteiger partial charge in [-0.25, -0.2) is 0 Å². The first-order chi connectivity index (χ1) is 12.3. The minimum absolute atomic E-state index is 0.275. The zero-order chi connectivity index (χ0) is 17.2. The molecule has 6 heteroatoms. The molecule has 4 aromatic rings. The van der Waals surface area contributed by atoms with Crippen molar-refractivity contribution < 1.29 is 4.74 Å². The summed E-state index contributed by atoms with van der Waals surface area (Å²) in [5, 5.41) is 14.5. The van der Waals surface area contributed by atoms with Gasteiger partial charge in [-0.15, -0.1) is 10.2 Å². The number of aromatic nitrogens is 4. The monoisotopic (exact) mass is 350 g/mol. The number of hydrogen-bond donors (Lipinski definition) is 0. The Hall–Kier alpha value is -2.73. The van der Waals surface area contributed by atoms with Crippen LogP contribution >= 0.6 is 11.3 Å². The van der Waals surface area contributed by atoms with Crippen molar-refractivity contribution in [2.75, 3.05) is 7.11 Å². The normalized spacial score (nSPS) is 12.4. The predicted molar refractivity (Wildman–Crippen MR) is 99.2 cm³/mol. The Morgan fingerprint density at radius 1 is 1.04 bits per heavy atom. The van der Waals surface area contributed by atoms with Gasteiger partial charge in [-0.2, -0.15) is 9.61 Å². The number of benzene rings is 2. The van der Waals surface area contributed by atoms with E-state index >= 15 is 0 Å². The van der Waals surface area contributed by atoms with Crippen LogP contribution in [0.25, 0.3) is 16.3 Å². The Morgan fingerprint density at radius 2 is 1.80 bits per heavy atom. The summed E-state index contributed by atoms with van der Waals surface area (Å²) in [6.45, 7) is 2.18. The van der Waals surface area contributed by atoms with Crippen molar-refractivity contribution in [3.8, 4) is 17.1 Å². The van der Waals surface area contributed by atoms with Crippen LogP contribution < -0.4 is 4.74 Å². The SMILES string of the molecule is CC[C@@H](c1ccccc1)c1nn2c(-c3ccc(OC)cc3)nnc2s1. The van der Waals surface area contributed by atoms with Gasteiger partial charge in [0.2, 0.25) is 4.96 Å².